The molecule has 5 aromatic rings. The normalized spacial score (nSPS) is 11.0. The monoisotopic (exact) mass is 467 g/mol. The summed E-state index contributed by atoms with van der Waals surface area (Å²) in [5, 5.41) is 18.3. The summed E-state index contributed by atoms with van der Waals surface area (Å²) in [4.78, 5) is 17.2. The number of hydrogen-bond acceptors (Lipinski definition) is 5. The molecule has 1 heterocycles. The fourth-order valence-corrected chi connectivity index (χ4v) is 3.97. The number of nitrogens with zero attached hydrogens (tertiary/aromatic N) is 1. The average Bonchev–Trinajstić information content (AvgIpc) is 3.27. The van der Waals surface area contributed by atoms with Gasteiger partial charge in [0.05, 0.1) is 5.56 Å². The Morgan fingerprint density at radius 2 is 1.82 bits per heavy atom. The summed E-state index contributed by atoms with van der Waals surface area (Å²) >= 11 is 5.34. The molecule has 1 aromatic heterocycles. The SMILES string of the molecule is CCc1ccc2oc(-c3cc(NC(=S)NC(=O)c4ccc5ccccc5c4)ccc3O)nc2c1. The number of aryl methyl sites for hydroxylation is 1. The van der Waals surface area contributed by atoms with E-state index in [1.807, 2.05) is 54.6 Å². The molecule has 6 nitrogen and oxygen atoms in total. The van der Waals surface area contributed by atoms with Gasteiger partial charge < -0.3 is 14.8 Å². The number of carbonyl (C=O) groups is 1. The van der Waals surface area contributed by atoms with Gasteiger partial charge in [0.1, 0.15) is 11.3 Å². The van der Waals surface area contributed by atoms with Gasteiger partial charge in [-0.2, -0.15) is 0 Å². The smallest absolute Gasteiger partial charge is 0.257 e. The predicted octanol–water partition coefficient (Wildman–Crippen LogP) is 6.04. The molecule has 7 heteroatoms. The van der Waals surface area contributed by atoms with Crippen molar-refractivity contribution in [3.63, 3.8) is 0 Å². The van der Waals surface area contributed by atoms with E-state index in [-0.39, 0.29) is 16.8 Å². The molecule has 0 aliphatic rings. The molecule has 34 heavy (non-hydrogen) atoms. The minimum absolute atomic E-state index is 0.0268. The lowest BCUT2D eigenvalue weighted by Gasteiger charge is -2.11. The molecule has 0 aliphatic heterocycles. The number of nitrogens with one attached hydrogen (secondary N) is 2. The molecule has 0 atom stereocenters. The van der Waals surface area contributed by atoms with Crippen molar-refractivity contribution in [1.82, 2.24) is 10.3 Å². The van der Waals surface area contributed by atoms with Crippen LogP contribution in [0.2, 0.25) is 0 Å². The Labute approximate surface area is 201 Å². The molecule has 0 radical (unpaired) electrons. The Bertz CT molecular complexity index is 1560. The van der Waals surface area contributed by atoms with Gasteiger partial charge in [-0.25, -0.2) is 4.98 Å². The molecule has 0 bridgehead atoms. The lowest BCUT2D eigenvalue weighted by Crippen LogP contribution is -2.34. The van der Waals surface area contributed by atoms with Crippen molar-refractivity contribution in [2.75, 3.05) is 5.32 Å². The van der Waals surface area contributed by atoms with Crippen LogP contribution in [0.25, 0.3) is 33.3 Å². The Morgan fingerprint density at radius 3 is 2.65 bits per heavy atom. The zero-order valence-corrected chi connectivity index (χ0v) is 19.1. The van der Waals surface area contributed by atoms with Gasteiger partial charge in [0.15, 0.2) is 10.7 Å². The van der Waals surface area contributed by atoms with Crippen molar-refractivity contribution in [1.29, 1.82) is 0 Å². The molecule has 0 unspecified atom stereocenters. The largest absolute Gasteiger partial charge is 0.507 e. The van der Waals surface area contributed by atoms with E-state index < -0.39 is 0 Å². The minimum atomic E-state index is -0.312. The third-order valence-corrected chi connectivity index (χ3v) is 5.79. The van der Waals surface area contributed by atoms with Crippen LogP contribution in [0, 0.1) is 0 Å². The van der Waals surface area contributed by atoms with E-state index in [0.29, 0.717) is 28.3 Å². The fraction of sp³-hybridized carbons (Fsp3) is 0.0741. The molecule has 0 fully saturated rings. The van der Waals surface area contributed by atoms with Crippen LogP contribution in [0.3, 0.4) is 0 Å². The van der Waals surface area contributed by atoms with Crippen LogP contribution in [-0.2, 0) is 6.42 Å². The van der Waals surface area contributed by atoms with E-state index in [0.717, 1.165) is 28.3 Å². The Balaban J connectivity index is 1.34. The van der Waals surface area contributed by atoms with Gasteiger partial charge in [0.2, 0.25) is 5.89 Å². The highest BCUT2D eigenvalue weighted by atomic mass is 32.1. The number of amides is 1. The molecule has 0 aliphatic carbocycles. The number of hydrogen-bond donors (Lipinski definition) is 3. The molecule has 4 aromatic carbocycles. The Morgan fingerprint density at radius 1 is 1.00 bits per heavy atom. The maximum atomic E-state index is 12.7. The molecule has 0 saturated heterocycles. The number of oxazole rings is 1. The van der Waals surface area contributed by atoms with Gasteiger partial charge in [-0.1, -0.05) is 43.3 Å². The highest BCUT2D eigenvalue weighted by molar-refractivity contribution is 7.80. The first-order valence-electron chi connectivity index (χ1n) is 10.8. The zero-order chi connectivity index (χ0) is 23.7. The van der Waals surface area contributed by atoms with Gasteiger partial charge >= 0.3 is 0 Å². The average molecular weight is 468 g/mol. The predicted molar refractivity (Wildman–Crippen MR) is 138 cm³/mol. The third-order valence-electron chi connectivity index (χ3n) is 5.58. The summed E-state index contributed by atoms with van der Waals surface area (Å²) in [5.41, 5.74) is 4.02. The first-order chi connectivity index (χ1) is 16.5. The number of carbonyl (C=O) groups excluding carboxylic acids is 1. The second-order valence-corrected chi connectivity index (χ2v) is 8.29. The van der Waals surface area contributed by atoms with Crippen molar-refractivity contribution < 1.29 is 14.3 Å². The van der Waals surface area contributed by atoms with Crippen molar-refractivity contribution >= 4 is 50.8 Å². The second kappa shape index (κ2) is 8.96. The number of aromatic nitrogens is 1. The number of fused-ring (bicyclic) bond motifs is 2. The summed E-state index contributed by atoms with van der Waals surface area (Å²) < 4.78 is 5.85. The molecular weight excluding hydrogens is 446 g/mol. The summed E-state index contributed by atoms with van der Waals surface area (Å²) in [6.45, 7) is 2.07. The fourth-order valence-electron chi connectivity index (χ4n) is 3.76. The molecule has 0 spiro atoms. The van der Waals surface area contributed by atoms with Crippen molar-refractivity contribution in [3.05, 3.63) is 90.0 Å². The summed E-state index contributed by atoms with van der Waals surface area (Å²) in [6.07, 6.45) is 0.894. The highest BCUT2D eigenvalue weighted by Gasteiger charge is 2.15. The minimum Gasteiger partial charge on any atom is -0.507 e. The van der Waals surface area contributed by atoms with Crippen LogP contribution in [0.15, 0.2) is 83.3 Å². The van der Waals surface area contributed by atoms with Gasteiger partial charge in [-0.05, 0) is 77.4 Å². The van der Waals surface area contributed by atoms with Gasteiger partial charge in [-0.3, -0.25) is 10.1 Å². The number of benzene rings is 4. The molecule has 1 amide bonds. The lowest BCUT2D eigenvalue weighted by atomic mass is 10.1. The maximum absolute atomic E-state index is 12.7. The highest BCUT2D eigenvalue weighted by Crippen LogP contribution is 2.33. The standard InChI is InChI=1S/C27H21N3O3S/c1-2-16-7-12-24-22(13-16)29-26(33-24)21-15-20(10-11-23(21)31)28-27(34)30-25(32)19-9-8-17-5-3-4-6-18(17)14-19/h3-15,31H,2H2,1H3,(H2,28,30,32,34). The van der Waals surface area contributed by atoms with Crippen molar-refractivity contribution in [3.8, 4) is 17.2 Å². The Hall–Kier alpha value is -4.23. The Kier molecular flexibility index (Phi) is 5.69. The molecule has 5 rings (SSSR count). The molecule has 0 saturated carbocycles. The van der Waals surface area contributed by atoms with Crippen molar-refractivity contribution in [2.24, 2.45) is 0 Å². The number of phenols is 1. The van der Waals surface area contributed by atoms with E-state index in [2.05, 4.69) is 22.5 Å². The van der Waals surface area contributed by atoms with E-state index in [1.165, 1.54) is 6.07 Å². The number of aromatic hydroxyl groups is 1. The van der Waals surface area contributed by atoms with Gasteiger partial charge in [0.25, 0.3) is 5.91 Å². The summed E-state index contributed by atoms with van der Waals surface area (Å²) in [6, 6.07) is 24.0. The first kappa shape index (κ1) is 21.6. The molecule has 3 N–H and O–H groups in total. The van der Waals surface area contributed by atoms with Crippen LogP contribution in [0.5, 0.6) is 5.75 Å². The third kappa shape index (κ3) is 4.33. The van der Waals surface area contributed by atoms with Crippen LogP contribution in [-0.4, -0.2) is 21.1 Å². The molecule has 168 valence electrons. The number of phenolic OH excluding ortho intramolecular Hbond substituents is 1. The van der Waals surface area contributed by atoms with Crippen molar-refractivity contribution in [2.45, 2.75) is 13.3 Å². The second-order valence-electron chi connectivity index (χ2n) is 7.88. The van der Waals surface area contributed by atoms with Crippen LogP contribution >= 0.6 is 12.2 Å². The maximum Gasteiger partial charge on any atom is 0.257 e. The van der Waals surface area contributed by atoms with Crippen LogP contribution < -0.4 is 10.6 Å². The van der Waals surface area contributed by atoms with E-state index in [9.17, 15) is 9.90 Å². The summed E-state index contributed by atoms with van der Waals surface area (Å²) in [7, 11) is 0. The quantitative estimate of drug-likeness (QED) is 0.221. The number of anilines is 1. The number of rotatable bonds is 4. The zero-order valence-electron chi connectivity index (χ0n) is 18.3. The van der Waals surface area contributed by atoms with E-state index in [4.69, 9.17) is 16.6 Å². The lowest BCUT2D eigenvalue weighted by molar-refractivity contribution is 0.0978. The first-order valence-corrected chi connectivity index (χ1v) is 11.2. The van der Waals surface area contributed by atoms with Crippen LogP contribution in [0.4, 0.5) is 5.69 Å². The number of thiocarbonyl (C=S) groups is 1. The topological polar surface area (TPSA) is 87.4 Å². The van der Waals surface area contributed by atoms with E-state index >= 15 is 0 Å². The van der Waals surface area contributed by atoms with Gasteiger partial charge in [0, 0.05) is 11.3 Å². The van der Waals surface area contributed by atoms with Crippen LogP contribution in [0.1, 0.15) is 22.8 Å². The summed E-state index contributed by atoms with van der Waals surface area (Å²) in [5.74, 6) is 0.0161. The van der Waals surface area contributed by atoms with E-state index in [1.54, 1.807) is 18.2 Å². The van der Waals surface area contributed by atoms with Gasteiger partial charge in [-0.15, -0.1) is 0 Å². The molecular formula is C27H21N3O3S.